The predicted octanol–water partition coefficient (Wildman–Crippen LogP) is 1.91. The van der Waals surface area contributed by atoms with Crippen LogP contribution in [0.25, 0.3) is 0 Å². The molecule has 2 N–H and O–H groups in total. The Bertz CT molecular complexity index is 375. The number of carbonyl (C=O) groups excluding carboxylic acids is 1. The van der Waals surface area contributed by atoms with E-state index in [0.29, 0.717) is 0 Å². The average Bonchev–Trinajstić information content (AvgIpc) is 2.77. The van der Waals surface area contributed by atoms with Gasteiger partial charge in [-0.05, 0) is 28.3 Å². The summed E-state index contributed by atoms with van der Waals surface area (Å²) in [4.78, 5) is 22.7. The van der Waals surface area contributed by atoms with Crippen molar-refractivity contribution in [2.24, 2.45) is 5.92 Å². The third-order valence-electron chi connectivity index (χ3n) is 2.74. The van der Waals surface area contributed by atoms with Crippen molar-refractivity contribution >= 4 is 23.2 Å². The minimum absolute atomic E-state index is 0.0704. The molecule has 0 fully saturated rings. The maximum absolute atomic E-state index is 11.7. The van der Waals surface area contributed by atoms with Crippen LogP contribution in [0, 0.1) is 5.92 Å². The first-order chi connectivity index (χ1) is 8.04. The summed E-state index contributed by atoms with van der Waals surface area (Å²) < 4.78 is 0. The van der Waals surface area contributed by atoms with Crippen molar-refractivity contribution < 1.29 is 14.7 Å². The summed E-state index contributed by atoms with van der Waals surface area (Å²) in [6.07, 6.45) is 0.958. The van der Waals surface area contributed by atoms with Crippen molar-refractivity contribution in [2.75, 3.05) is 0 Å². The molecule has 0 bridgehead atoms. The van der Waals surface area contributed by atoms with Crippen LogP contribution < -0.4 is 5.32 Å². The molecule has 1 rings (SSSR count). The molecule has 0 aliphatic carbocycles. The van der Waals surface area contributed by atoms with Gasteiger partial charge in [0.15, 0.2) is 0 Å². The number of hydrogen-bond acceptors (Lipinski definition) is 3. The molecule has 0 saturated carbocycles. The summed E-state index contributed by atoms with van der Waals surface area (Å²) in [5, 5.41) is 15.4. The maximum Gasteiger partial charge on any atom is 0.326 e. The Kier molecular flexibility index (Phi) is 5.15. The molecular weight excluding hydrogens is 238 g/mol. The van der Waals surface area contributed by atoms with E-state index in [4.69, 9.17) is 5.11 Å². The van der Waals surface area contributed by atoms with Gasteiger partial charge in [-0.2, -0.15) is 11.3 Å². The first-order valence-electron chi connectivity index (χ1n) is 5.57. The summed E-state index contributed by atoms with van der Waals surface area (Å²) >= 11 is 1.52. The van der Waals surface area contributed by atoms with Gasteiger partial charge in [0, 0.05) is 0 Å². The lowest BCUT2D eigenvalue weighted by molar-refractivity contribution is -0.143. The first kappa shape index (κ1) is 13.7. The average molecular weight is 255 g/mol. The molecule has 0 spiro atoms. The Balaban J connectivity index is 2.55. The summed E-state index contributed by atoms with van der Waals surface area (Å²) in [7, 11) is 0. The highest BCUT2D eigenvalue weighted by Gasteiger charge is 2.25. The Labute approximate surface area is 105 Å². The van der Waals surface area contributed by atoms with Crippen LogP contribution in [-0.4, -0.2) is 23.0 Å². The SMILES string of the molecule is CCC(C)C(NC(=O)Cc1ccsc1)C(=O)O. The second-order valence-electron chi connectivity index (χ2n) is 4.08. The minimum atomic E-state index is -0.974. The number of thiophene rings is 1. The quantitative estimate of drug-likeness (QED) is 0.816. The van der Waals surface area contributed by atoms with Crippen LogP contribution in [-0.2, 0) is 16.0 Å². The molecule has 0 aromatic carbocycles. The highest BCUT2D eigenvalue weighted by Crippen LogP contribution is 2.10. The standard InChI is InChI=1S/C12H17NO3S/c1-3-8(2)11(12(15)16)13-10(14)6-9-4-5-17-7-9/h4-5,7-8,11H,3,6H2,1-2H3,(H,13,14)(H,15,16). The summed E-state index contributed by atoms with van der Waals surface area (Å²) in [5.74, 6) is -1.28. The fourth-order valence-corrected chi connectivity index (χ4v) is 2.15. The molecule has 1 aromatic rings. The molecule has 0 radical (unpaired) electrons. The van der Waals surface area contributed by atoms with Crippen molar-refractivity contribution in [1.29, 1.82) is 0 Å². The van der Waals surface area contributed by atoms with Crippen molar-refractivity contribution in [1.82, 2.24) is 5.32 Å². The first-order valence-corrected chi connectivity index (χ1v) is 6.52. The van der Waals surface area contributed by atoms with Gasteiger partial charge in [-0.3, -0.25) is 4.79 Å². The van der Waals surface area contributed by atoms with Crippen molar-refractivity contribution in [2.45, 2.75) is 32.7 Å². The zero-order chi connectivity index (χ0) is 12.8. The Hall–Kier alpha value is -1.36. The van der Waals surface area contributed by atoms with E-state index in [1.165, 1.54) is 11.3 Å². The zero-order valence-electron chi connectivity index (χ0n) is 9.97. The van der Waals surface area contributed by atoms with Crippen LogP contribution >= 0.6 is 11.3 Å². The molecule has 2 atom stereocenters. The van der Waals surface area contributed by atoms with E-state index in [-0.39, 0.29) is 18.2 Å². The third-order valence-corrected chi connectivity index (χ3v) is 3.47. The van der Waals surface area contributed by atoms with E-state index < -0.39 is 12.0 Å². The monoisotopic (exact) mass is 255 g/mol. The highest BCUT2D eigenvalue weighted by atomic mass is 32.1. The second-order valence-corrected chi connectivity index (χ2v) is 4.86. The number of carboxylic acids is 1. The van der Waals surface area contributed by atoms with Crippen LogP contribution in [0.4, 0.5) is 0 Å². The number of amides is 1. The number of carbonyl (C=O) groups is 2. The molecular formula is C12H17NO3S. The van der Waals surface area contributed by atoms with E-state index >= 15 is 0 Å². The molecule has 4 nitrogen and oxygen atoms in total. The van der Waals surface area contributed by atoms with Crippen LogP contribution in [0.2, 0.25) is 0 Å². The Morgan fingerprint density at radius 3 is 2.71 bits per heavy atom. The Morgan fingerprint density at radius 1 is 1.53 bits per heavy atom. The van der Waals surface area contributed by atoms with Crippen LogP contribution in [0.15, 0.2) is 16.8 Å². The van der Waals surface area contributed by atoms with Gasteiger partial charge < -0.3 is 10.4 Å². The van der Waals surface area contributed by atoms with E-state index in [1.54, 1.807) is 0 Å². The summed E-state index contributed by atoms with van der Waals surface area (Å²) in [5.41, 5.74) is 0.917. The van der Waals surface area contributed by atoms with E-state index in [2.05, 4.69) is 5.32 Å². The largest absolute Gasteiger partial charge is 0.480 e. The molecule has 5 heteroatoms. The molecule has 94 valence electrons. The van der Waals surface area contributed by atoms with E-state index in [0.717, 1.165) is 12.0 Å². The fraction of sp³-hybridized carbons (Fsp3) is 0.500. The number of rotatable bonds is 6. The molecule has 1 amide bonds. The number of carboxylic acid groups (broad SMARTS) is 1. The van der Waals surface area contributed by atoms with Gasteiger partial charge in [0.05, 0.1) is 6.42 Å². The topological polar surface area (TPSA) is 66.4 Å². The van der Waals surface area contributed by atoms with Gasteiger partial charge in [-0.15, -0.1) is 0 Å². The molecule has 17 heavy (non-hydrogen) atoms. The van der Waals surface area contributed by atoms with Gasteiger partial charge in [0.1, 0.15) is 6.04 Å². The maximum atomic E-state index is 11.7. The van der Waals surface area contributed by atoms with Gasteiger partial charge in [0.25, 0.3) is 0 Å². The smallest absolute Gasteiger partial charge is 0.326 e. The van der Waals surface area contributed by atoms with E-state index in [9.17, 15) is 9.59 Å². The third kappa shape index (κ3) is 4.19. The highest BCUT2D eigenvalue weighted by molar-refractivity contribution is 7.07. The molecule has 1 aromatic heterocycles. The lowest BCUT2D eigenvalue weighted by atomic mass is 9.99. The van der Waals surface area contributed by atoms with Gasteiger partial charge in [-0.1, -0.05) is 20.3 Å². The normalized spacial score (nSPS) is 14.0. The molecule has 0 saturated heterocycles. The fourth-order valence-electron chi connectivity index (χ4n) is 1.49. The minimum Gasteiger partial charge on any atom is -0.480 e. The van der Waals surface area contributed by atoms with Crippen molar-refractivity contribution in [3.63, 3.8) is 0 Å². The molecule has 1 heterocycles. The van der Waals surface area contributed by atoms with Crippen LogP contribution in [0.5, 0.6) is 0 Å². The lowest BCUT2D eigenvalue weighted by Crippen LogP contribution is -2.45. The predicted molar refractivity (Wildman–Crippen MR) is 67.0 cm³/mol. The molecule has 0 aliphatic rings. The van der Waals surface area contributed by atoms with Crippen molar-refractivity contribution in [3.8, 4) is 0 Å². The van der Waals surface area contributed by atoms with Gasteiger partial charge in [-0.25, -0.2) is 4.79 Å². The van der Waals surface area contributed by atoms with Crippen molar-refractivity contribution in [3.05, 3.63) is 22.4 Å². The summed E-state index contributed by atoms with van der Waals surface area (Å²) in [6, 6.07) is 1.06. The number of aliphatic carboxylic acids is 1. The second kappa shape index (κ2) is 6.39. The van der Waals surface area contributed by atoms with Gasteiger partial charge >= 0.3 is 5.97 Å². The lowest BCUT2D eigenvalue weighted by Gasteiger charge is -2.19. The zero-order valence-corrected chi connectivity index (χ0v) is 10.8. The van der Waals surface area contributed by atoms with Crippen LogP contribution in [0.1, 0.15) is 25.8 Å². The van der Waals surface area contributed by atoms with Gasteiger partial charge in [0.2, 0.25) is 5.91 Å². The Morgan fingerprint density at radius 2 is 2.24 bits per heavy atom. The van der Waals surface area contributed by atoms with E-state index in [1.807, 2.05) is 30.7 Å². The summed E-state index contributed by atoms with van der Waals surface area (Å²) in [6.45, 7) is 3.73. The number of nitrogens with one attached hydrogen (secondary N) is 1. The molecule has 0 aliphatic heterocycles. The number of hydrogen-bond donors (Lipinski definition) is 2. The molecule has 2 unspecified atom stereocenters. The van der Waals surface area contributed by atoms with Crippen LogP contribution in [0.3, 0.4) is 0 Å².